The predicted molar refractivity (Wildman–Crippen MR) is 35.4 cm³/mol. The molecule has 4 heteroatoms. The van der Waals surface area contributed by atoms with Gasteiger partial charge in [-0.05, 0) is 0 Å². The Morgan fingerprint density at radius 2 is 2.40 bits per heavy atom. The third-order valence-corrected chi connectivity index (χ3v) is 1.93. The average molecular weight is 147 g/mol. The number of hydrogen-bond acceptors (Lipinski definition) is 4. The van der Waals surface area contributed by atoms with E-state index in [2.05, 4.69) is 0 Å². The summed E-state index contributed by atoms with van der Waals surface area (Å²) in [7, 11) is 0. The van der Waals surface area contributed by atoms with E-state index in [0.717, 1.165) is 0 Å². The van der Waals surface area contributed by atoms with Crippen molar-refractivity contribution < 1.29 is 14.9 Å². The second kappa shape index (κ2) is 2.84. The van der Waals surface area contributed by atoms with Crippen LogP contribution in [0.2, 0.25) is 0 Å². The van der Waals surface area contributed by atoms with E-state index < -0.39 is 11.7 Å². The molecule has 1 aliphatic rings. The summed E-state index contributed by atoms with van der Waals surface area (Å²) in [5, 5.41) is 18.7. The maximum atomic E-state index is 9.49. The van der Waals surface area contributed by atoms with E-state index in [-0.39, 0.29) is 13.2 Å². The fraction of sp³-hybridized carbons (Fsp3) is 1.00. The molecule has 1 saturated heterocycles. The van der Waals surface area contributed by atoms with E-state index in [4.69, 9.17) is 10.5 Å². The Bertz CT molecular complexity index is 120. The van der Waals surface area contributed by atoms with Gasteiger partial charge >= 0.3 is 0 Å². The molecule has 60 valence electrons. The van der Waals surface area contributed by atoms with Crippen LogP contribution in [-0.4, -0.2) is 41.7 Å². The van der Waals surface area contributed by atoms with Gasteiger partial charge in [0.1, 0.15) is 11.7 Å². The summed E-state index contributed by atoms with van der Waals surface area (Å²) in [6.07, 6.45) is -0.406. The molecule has 2 unspecified atom stereocenters. The number of ether oxygens (including phenoxy) is 1. The van der Waals surface area contributed by atoms with Crippen molar-refractivity contribution in [2.75, 3.05) is 19.8 Å². The largest absolute Gasteiger partial charge is 0.388 e. The summed E-state index contributed by atoms with van der Waals surface area (Å²) >= 11 is 0. The van der Waals surface area contributed by atoms with Crippen LogP contribution in [-0.2, 0) is 4.74 Å². The molecule has 0 amide bonds. The third-order valence-electron chi connectivity index (χ3n) is 1.93. The molecular weight excluding hydrogens is 134 g/mol. The Hall–Kier alpha value is -0.160. The normalized spacial score (nSPS) is 41.7. The summed E-state index contributed by atoms with van der Waals surface area (Å²) in [5.74, 6) is 0. The number of nitrogens with two attached hydrogens (primary N) is 1. The van der Waals surface area contributed by atoms with Crippen molar-refractivity contribution in [2.24, 2.45) is 5.73 Å². The van der Waals surface area contributed by atoms with Crippen molar-refractivity contribution in [1.82, 2.24) is 0 Å². The minimum Gasteiger partial charge on any atom is -0.388 e. The Kier molecular flexibility index (Phi) is 2.25. The van der Waals surface area contributed by atoms with Crippen LogP contribution < -0.4 is 5.73 Å². The topological polar surface area (TPSA) is 75.7 Å². The molecule has 0 spiro atoms. The molecule has 0 aromatic carbocycles. The number of aliphatic hydroxyl groups excluding tert-OH is 1. The molecule has 4 nitrogen and oxygen atoms in total. The molecule has 0 aromatic rings. The maximum Gasteiger partial charge on any atom is 0.107 e. The zero-order valence-corrected chi connectivity index (χ0v) is 5.79. The number of rotatable bonds is 1. The Balaban J connectivity index is 2.54. The van der Waals surface area contributed by atoms with Gasteiger partial charge in [0.2, 0.25) is 0 Å². The molecule has 4 N–H and O–H groups in total. The molecule has 0 saturated carbocycles. The van der Waals surface area contributed by atoms with Gasteiger partial charge in [-0.2, -0.15) is 0 Å². The summed E-state index contributed by atoms with van der Waals surface area (Å²) in [6.45, 7) is 0.760. The summed E-state index contributed by atoms with van der Waals surface area (Å²) < 4.78 is 4.91. The van der Waals surface area contributed by atoms with Gasteiger partial charge < -0.3 is 20.7 Å². The first-order chi connectivity index (χ1) is 4.69. The molecular formula is C6H13NO3. The van der Waals surface area contributed by atoms with Crippen LogP contribution >= 0.6 is 0 Å². The smallest absolute Gasteiger partial charge is 0.107 e. The van der Waals surface area contributed by atoms with Gasteiger partial charge in [-0.25, -0.2) is 0 Å². The van der Waals surface area contributed by atoms with E-state index in [1.807, 2.05) is 0 Å². The molecule has 10 heavy (non-hydrogen) atoms. The highest BCUT2D eigenvalue weighted by Gasteiger charge is 2.36. The highest BCUT2D eigenvalue weighted by atomic mass is 16.5. The highest BCUT2D eigenvalue weighted by molar-refractivity contribution is 4.89. The Morgan fingerprint density at radius 3 is 2.80 bits per heavy atom. The molecule has 0 aromatic heterocycles. The van der Waals surface area contributed by atoms with Gasteiger partial charge in [0, 0.05) is 19.6 Å². The van der Waals surface area contributed by atoms with Crippen LogP contribution in [0.15, 0.2) is 0 Å². The quantitative estimate of drug-likeness (QED) is 0.420. The van der Waals surface area contributed by atoms with Crippen LogP contribution in [0.5, 0.6) is 0 Å². The zero-order valence-electron chi connectivity index (χ0n) is 5.79. The SMILES string of the molecule is NCC1(O)CCOCC1O. The number of aliphatic hydroxyl groups is 2. The summed E-state index contributed by atoms with van der Waals surface area (Å²) in [5.41, 5.74) is 4.15. The van der Waals surface area contributed by atoms with Gasteiger partial charge in [0.15, 0.2) is 0 Å². The van der Waals surface area contributed by atoms with Crippen molar-refractivity contribution in [3.63, 3.8) is 0 Å². The average Bonchev–Trinajstić information content (AvgIpc) is 1.96. The van der Waals surface area contributed by atoms with Crippen molar-refractivity contribution in [3.8, 4) is 0 Å². The van der Waals surface area contributed by atoms with Crippen LogP contribution in [0.25, 0.3) is 0 Å². The van der Waals surface area contributed by atoms with Crippen LogP contribution in [0.4, 0.5) is 0 Å². The minimum atomic E-state index is -1.11. The first kappa shape index (κ1) is 7.94. The van der Waals surface area contributed by atoms with Gasteiger partial charge in [-0.15, -0.1) is 0 Å². The standard InChI is InChI=1S/C6H13NO3/c7-4-6(9)1-2-10-3-5(6)8/h5,8-9H,1-4,7H2. The molecule has 1 rings (SSSR count). The lowest BCUT2D eigenvalue weighted by molar-refractivity contribution is -0.146. The van der Waals surface area contributed by atoms with E-state index in [1.54, 1.807) is 0 Å². The zero-order chi connectivity index (χ0) is 7.61. The first-order valence-corrected chi connectivity index (χ1v) is 3.37. The molecule has 0 radical (unpaired) electrons. The van der Waals surface area contributed by atoms with Crippen molar-refractivity contribution >= 4 is 0 Å². The second-order valence-corrected chi connectivity index (χ2v) is 2.65. The monoisotopic (exact) mass is 147 g/mol. The van der Waals surface area contributed by atoms with Crippen LogP contribution in [0, 0.1) is 0 Å². The van der Waals surface area contributed by atoms with E-state index in [9.17, 15) is 10.2 Å². The van der Waals surface area contributed by atoms with Gasteiger partial charge in [0.05, 0.1) is 6.61 Å². The molecule has 0 bridgehead atoms. The fourth-order valence-corrected chi connectivity index (χ4v) is 1.00. The summed E-state index contributed by atoms with van der Waals surface area (Å²) in [6, 6.07) is 0. The second-order valence-electron chi connectivity index (χ2n) is 2.65. The van der Waals surface area contributed by atoms with Gasteiger partial charge in [0.25, 0.3) is 0 Å². The van der Waals surface area contributed by atoms with Crippen LogP contribution in [0.1, 0.15) is 6.42 Å². The number of hydrogen-bond donors (Lipinski definition) is 3. The predicted octanol–water partition coefficient (Wildman–Crippen LogP) is -1.54. The Labute approximate surface area is 59.6 Å². The third kappa shape index (κ3) is 1.29. The van der Waals surface area contributed by atoms with E-state index >= 15 is 0 Å². The lowest BCUT2D eigenvalue weighted by Crippen LogP contribution is -2.54. The lowest BCUT2D eigenvalue weighted by Gasteiger charge is -2.35. The minimum absolute atomic E-state index is 0.0948. The van der Waals surface area contributed by atoms with E-state index in [0.29, 0.717) is 13.0 Å². The molecule has 2 atom stereocenters. The van der Waals surface area contributed by atoms with Crippen molar-refractivity contribution in [1.29, 1.82) is 0 Å². The molecule has 1 aliphatic heterocycles. The van der Waals surface area contributed by atoms with Gasteiger partial charge in [-0.3, -0.25) is 0 Å². The van der Waals surface area contributed by atoms with Gasteiger partial charge in [-0.1, -0.05) is 0 Å². The summed E-state index contributed by atoms with van der Waals surface area (Å²) in [4.78, 5) is 0. The van der Waals surface area contributed by atoms with Crippen molar-refractivity contribution in [2.45, 2.75) is 18.1 Å². The molecule has 1 heterocycles. The maximum absolute atomic E-state index is 9.49. The lowest BCUT2D eigenvalue weighted by atomic mass is 9.92. The molecule has 0 aliphatic carbocycles. The molecule has 1 fully saturated rings. The first-order valence-electron chi connectivity index (χ1n) is 3.37. The van der Waals surface area contributed by atoms with Crippen molar-refractivity contribution in [3.05, 3.63) is 0 Å². The Morgan fingerprint density at radius 1 is 1.70 bits per heavy atom. The van der Waals surface area contributed by atoms with Crippen LogP contribution in [0.3, 0.4) is 0 Å². The van der Waals surface area contributed by atoms with E-state index in [1.165, 1.54) is 0 Å². The highest BCUT2D eigenvalue weighted by Crippen LogP contribution is 2.18. The fourth-order valence-electron chi connectivity index (χ4n) is 1.00.